The molecule has 3 aromatic carbocycles. The van der Waals surface area contributed by atoms with Gasteiger partial charge in [-0.3, -0.25) is 4.79 Å². The first kappa shape index (κ1) is 37.5. The number of fused-ring (bicyclic) bond motifs is 3. The summed E-state index contributed by atoms with van der Waals surface area (Å²) < 4.78 is 65.1. The van der Waals surface area contributed by atoms with Gasteiger partial charge in [0.1, 0.15) is 23.8 Å². The number of carbonyl (C=O) groups excluding carboxylic acids is 2. The number of ether oxygens (including phenoxy) is 2. The Labute approximate surface area is 297 Å². The molecule has 3 aromatic rings. The lowest BCUT2D eigenvalue weighted by molar-refractivity contribution is 0.0164. The van der Waals surface area contributed by atoms with Crippen molar-refractivity contribution in [2.75, 3.05) is 37.7 Å². The summed E-state index contributed by atoms with van der Waals surface area (Å²) in [7, 11) is -2.10. The maximum Gasteiger partial charge on any atom is 0.410 e. The number of piperazine rings is 1. The van der Waals surface area contributed by atoms with Crippen LogP contribution < -0.4 is 15.4 Å². The second kappa shape index (κ2) is 13.4. The van der Waals surface area contributed by atoms with Crippen LogP contribution in [0, 0.1) is 17.5 Å². The van der Waals surface area contributed by atoms with Gasteiger partial charge in [-0.05, 0) is 80.4 Å². The van der Waals surface area contributed by atoms with Gasteiger partial charge < -0.3 is 29.4 Å². The Morgan fingerprint density at radius 1 is 0.980 bits per heavy atom. The minimum Gasteiger partial charge on any atom is -0.488 e. The van der Waals surface area contributed by atoms with E-state index in [4.69, 9.17) is 31.2 Å². The fourth-order valence-electron chi connectivity index (χ4n) is 6.43. The van der Waals surface area contributed by atoms with E-state index in [1.807, 2.05) is 4.90 Å². The molecule has 5 rings (SSSR count). The van der Waals surface area contributed by atoms with Crippen molar-refractivity contribution in [1.29, 1.82) is 0 Å². The van der Waals surface area contributed by atoms with E-state index >= 15 is 8.78 Å². The lowest BCUT2D eigenvalue weighted by Crippen LogP contribution is -2.61. The van der Waals surface area contributed by atoms with Crippen molar-refractivity contribution in [3.63, 3.8) is 0 Å². The largest absolute Gasteiger partial charge is 0.488 e. The van der Waals surface area contributed by atoms with Gasteiger partial charge in [-0.2, -0.15) is 0 Å². The highest BCUT2D eigenvalue weighted by atomic mass is 35.5. The van der Waals surface area contributed by atoms with E-state index in [9.17, 15) is 14.0 Å². The van der Waals surface area contributed by atoms with Gasteiger partial charge >= 0.3 is 6.09 Å². The van der Waals surface area contributed by atoms with Crippen molar-refractivity contribution >= 4 is 37.6 Å². The Morgan fingerprint density at radius 3 is 2.30 bits per heavy atom. The predicted octanol–water partition coefficient (Wildman–Crippen LogP) is 8.43. The van der Waals surface area contributed by atoms with E-state index in [0.29, 0.717) is 16.8 Å². The van der Waals surface area contributed by atoms with E-state index < -0.39 is 53.9 Å². The average molecular weight is 732 g/mol. The third-order valence-corrected chi connectivity index (χ3v) is 14.8. The highest BCUT2D eigenvalue weighted by Crippen LogP contribution is 2.53. The first-order valence-electron chi connectivity index (χ1n) is 16.6. The maximum atomic E-state index is 16.7. The van der Waals surface area contributed by atoms with Crippen LogP contribution in [0.3, 0.4) is 0 Å². The monoisotopic (exact) mass is 731 g/mol. The molecule has 1 fully saturated rings. The second-order valence-corrected chi connectivity index (χ2v) is 20.6. The number of primary amides is 1. The summed E-state index contributed by atoms with van der Waals surface area (Å²) in [4.78, 5) is 29.5. The van der Waals surface area contributed by atoms with Gasteiger partial charge in [0.05, 0.1) is 29.3 Å². The average Bonchev–Trinajstić information content (AvgIpc) is 3.33. The fourth-order valence-corrected chi connectivity index (χ4v) is 7.72. The summed E-state index contributed by atoms with van der Waals surface area (Å²) in [6.07, 6.45) is -0.499. The highest BCUT2D eigenvalue weighted by Gasteiger charge is 2.52. The zero-order chi connectivity index (χ0) is 37.0. The number of halogens is 4. The molecule has 0 radical (unpaired) electrons. The van der Waals surface area contributed by atoms with Gasteiger partial charge in [-0.25, -0.2) is 18.0 Å². The third kappa shape index (κ3) is 7.07. The Balaban J connectivity index is 1.62. The molecule has 1 saturated heterocycles. The molecule has 8 nitrogen and oxygen atoms in total. The number of anilines is 1. The van der Waals surface area contributed by atoms with Crippen molar-refractivity contribution in [2.45, 2.75) is 77.2 Å². The molecule has 1 atom stereocenters. The lowest BCUT2D eigenvalue weighted by Gasteiger charge is -2.48. The van der Waals surface area contributed by atoms with Crippen LogP contribution in [0.5, 0.6) is 5.75 Å². The molecule has 1 unspecified atom stereocenters. The van der Waals surface area contributed by atoms with E-state index in [2.05, 4.69) is 33.9 Å². The lowest BCUT2D eigenvalue weighted by atomic mass is 9.82. The van der Waals surface area contributed by atoms with Crippen molar-refractivity contribution < 1.29 is 36.7 Å². The fraction of sp³-hybridized carbons (Fsp3) is 0.459. The first-order valence-corrected chi connectivity index (χ1v) is 19.9. The number of carbonyl (C=O) groups is 2. The van der Waals surface area contributed by atoms with E-state index in [-0.39, 0.29) is 66.7 Å². The quantitative estimate of drug-likeness (QED) is 0.185. The van der Waals surface area contributed by atoms with Crippen LogP contribution in [0.1, 0.15) is 63.0 Å². The smallest absolute Gasteiger partial charge is 0.410 e. The number of hydrogen-bond acceptors (Lipinski definition) is 6. The number of hydrogen-bond donors (Lipinski definition) is 1. The summed E-state index contributed by atoms with van der Waals surface area (Å²) >= 11 is 6.68. The molecule has 2 heterocycles. The summed E-state index contributed by atoms with van der Waals surface area (Å²) in [5.74, 6) is -3.44. The molecule has 270 valence electrons. The zero-order valence-electron chi connectivity index (χ0n) is 29.8. The molecule has 0 aliphatic carbocycles. The molecule has 50 heavy (non-hydrogen) atoms. The molecular formula is C37H45ClF3N3O5Si. The Hall–Kier alpha value is -3.74. The van der Waals surface area contributed by atoms with E-state index in [1.54, 1.807) is 32.9 Å². The molecule has 2 N–H and O–H groups in total. The SMILES string of the molecule is CC(C)(C)OC(=O)N1CCN2c3cc(F)c(Cl)c(-c4c(C(N)=O)ccc(OCCO[Si](C)(C)C(C)(C)C)c4F)c3CC2(c2cccc(F)c2)C1. The molecule has 0 saturated carbocycles. The zero-order valence-corrected chi connectivity index (χ0v) is 31.6. The van der Waals surface area contributed by atoms with Gasteiger partial charge in [0, 0.05) is 36.3 Å². The normalized spacial score (nSPS) is 17.8. The number of amides is 2. The summed E-state index contributed by atoms with van der Waals surface area (Å²) in [6, 6.07) is 9.84. The van der Waals surface area contributed by atoms with Crippen LogP contribution in [0.25, 0.3) is 11.1 Å². The summed E-state index contributed by atoms with van der Waals surface area (Å²) in [5.41, 5.74) is 4.57. The number of benzene rings is 3. The number of rotatable bonds is 8. The molecule has 2 amide bonds. The van der Waals surface area contributed by atoms with E-state index in [0.717, 1.165) is 0 Å². The molecule has 2 aliphatic heterocycles. The standard InChI is InChI=1S/C37H45ClF3N3O5Si/c1-35(2,3)49-34(46)43-14-15-44-27-19-26(40)31(38)29(25(27)20-37(44,21-43)22-10-9-11-23(39)18-22)30-24(33(42)45)12-13-28(32(30)41)47-16-17-48-50(7,8)36(4,5)6/h9-13,18-19H,14-17,20-21H2,1-8H3,(H2,42,45). The Kier molecular flexibility index (Phi) is 10.1. The first-order chi connectivity index (χ1) is 23.2. The highest BCUT2D eigenvalue weighted by molar-refractivity contribution is 6.74. The van der Waals surface area contributed by atoms with Crippen LogP contribution in [0.4, 0.5) is 23.7 Å². The van der Waals surface area contributed by atoms with Gasteiger partial charge in [-0.15, -0.1) is 0 Å². The van der Waals surface area contributed by atoms with Crippen LogP contribution >= 0.6 is 11.6 Å². The van der Waals surface area contributed by atoms with Gasteiger partial charge in [0.25, 0.3) is 0 Å². The number of nitrogens with zero attached hydrogens (tertiary/aromatic N) is 2. The van der Waals surface area contributed by atoms with Crippen molar-refractivity contribution in [1.82, 2.24) is 4.90 Å². The van der Waals surface area contributed by atoms with Crippen LogP contribution in [0.15, 0.2) is 42.5 Å². The Morgan fingerprint density at radius 2 is 1.68 bits per heavy atom. The van der Waals surface area contributed by atoms with Crippen LogP contribution in [-0.2, 0) is 21.1 Å². The van der Waals surface area contributed by atoms with Crippen LogP contribution in [-0.4, -0.2) is 63.7 Å². The minimum absolute atomic E-state index is 0.0186. The maximum absolute atomic E-state index is 16.7. The van der Waals surface area contributed by atoms with Crippen LogP contribution in [0.2, 0.25) is 23.2 Å². The summed E-state index contributed by atoms with van der Waals surface area (Å²) in [6.45, 7) is 16.5. The van der Waals surface area contributed by atoms with Crippen molar-refractivity contribution in [3.8, 4) is 16.9 Å². The predicted molar refractivity (Wildman–Crippen MR) is 191 cm³/mol. The van der Waals surface area contributed by atoms with Crippen molar-refractivity contribution in [3.05, 3.63) is 81.6 Å². The molecule has 13 heteroatoms. The molecule has 0 bridgehead atoms. The summed E-state index contributed by atoms with van der Waals surface area (Å²) in [5, 5.41) is -0.454. The second-order valence-electron chi connectivity index (χ2n) is 15.4. The van der Waals surface area contributed by atoms with Crippen molar-refractivity contribution in [2.24, 2.45) is 5.73 Å². The third-order valence-electron chi connectivity index (χ3n) is 9.87. The molecule has 0 spiro atoms. The number of nitrogens with two attached hydrogens (primary N) is 1. The minimum atomic E-state index is -2.10. The molecule has 0 aromatic heterocycles. The molecular weight excluding hydrogens is 687 g/mol. The molecule has 2 aliphatic rings. The van der Waals surface area contributed by atoms with Gasteiger partial charge in [0.15, 0.2) is 19.9 Å². The Bertz CT molecular complexity index is 1830. The van der Waals surface area contributed by atoms with Gasteiger partial charge in [0.2, 0.25) is 5.91 Å². The van der Waals surface area contributed by atoms with E-state index in [1.165, 1.54) is 35.2 Å². The van der Waals surface area contributed by atoms with Gasteiger partial charge in [-0.1, -0.05) is 44.5 Å². The topological polar surface area (TPSA) is 94.3 Å².